The van der Waals surface area contributed by atoms with Crippen LogP contribution in [0.3, 0.4) is 0 Å². The van der Waals surface area contributed by atoms with Crippen LogP contribution >= 0.6 is 0 Å². The Hall–Kier alpha value is -1.76. The Labute approximate surface area is 133 Å². The molecule has 3 rings (SSSR count). The topological polar surface area (TPSA) is 35.6 Å². The molecule has 4 nitrogen and oxygen atoms in total. The van der Waals surface area contributed by atoms with Gasteiger partial charge in [0.15, 0.2) is 0 Å². The Morgan fingerprint density at radius 2 is 1.91 bits per heavy atom. The van der Waals surface area contributed by atoms with Gasteiger partial charge in [-0.1, -0.05) is 6.07 Å². The molecule has 126 valence electrons. The van der Waals surface area contributed by atoms with Crippen molar-refractivity contribution in [3.05, 3.63) is 29.8 Å². The van der Waals surface area contributed by atoms with Crippen LogP contribution in [0.15, 0.2) is 24.3 Å². The van der Waals surface area contributed by atoms with Crippen molar-refractivity contribution in [3.8, 4) is 0 Å². The van der Waals surface area contributed by atoms with Crippen LogP contribution in [0, 0.1) is 0 Å². The van der Waals surface area contributed by atoms with Crippen LogP contribution in [0.4, 0.5) is 18.9 Å². The van der Waals surface area contributed by atoms with Crippen molar-refractivity contribution in [2.75, 3.05) is 37.6 Å². The van der Waals surface area contributed by atoms with Crippen molar-refractivity contribution in [1.29, 1.82) is 0 Å². The van der Waals surface area contributed by atoms with Gasteiger partial charge in [-0.25, -0.2) is 0 Å². The molecule has 1 aromatic carbocycles. The van der Waals surface area contributed by atoms with Gasteiger partial charge in [0.05, 0.1) is 11.6 Å². The maximum atomic E-state index is 12.8. The number of amides is 1. The molecule has 0 bridgehead atoms. The summed E-state index contributed by atoms with van der Waals surface area (Å²) >= 11 is 0. The molecule has 0 saturated carbocycles. The lowest BCUT2D eigenvalue weighted by molar-refractivity contribution is -0.137. The van der Waals surface area contributed by atoms with Gasteiger partial charge < -0.3 is 15.1 Å². The Balaban J connectivity index is 1.61. The quantitative estimate of drug-likeness (QED) is 0.904. The molecule has 2 fully saturated rings. The fourth-order valence-electron chi connectivity index (χ4n) is 3.18. The van der Waals surface area contributed by atoms with E-state index in [0.717, 1.165) is 25.5 Å². The zero-order valence-electron chi connectivity index (χ0n) is 12.8. The first kappa shape index (κ1) is 16.1. The summed E-state index contributed by atoms with van der Waals surface area (Å²) in [5.41, 5.74) is -0.0745. The monoisotopic (exact) mass is 327 g/mol. The lowest BCUT2D eigenvalue weighted by atomic mass is 10.1. The zero-order chi connectivity index (χ0) is 16.4. The summed E-state index contributed by atoms with van der Waals surface area (Å²) in [6.45, 7) is 3.08. The average molecular weight is 327 g/mol. The molecule has 0 spiro atoms. The Morgan fingerprint density at radius 3 is 2.52 bits per heavy atom. The molecule has 2 aliphatic heterocycles. The van der Waals surface area contributed by atoms with Crippen LogP contribution in [0.25, 0.3) is 0 Å². The van der Waals surface area contributed by atoms with E-state index < -0.39 is 11.7 Å². The molecule has 0 aliphatic carbocycles. The second-order valence-electron chi connectivity index (χ2n) is 6.01. The normalized spacial score (nSPS) is 22.5. The SMILES string of the molecule is O=C([C@H]1CCCN1)N1CCN(c2cccc(C(F)(F)F)c2)CC1. The van der Waals surface area contributed by atoms with Gasteiger partial charge in [-0.2, -0.15) is 13.2 Å². The van der Waals surface area contributed by atoms with E-state index in [1.165, 1.54) is 12.1 Å². The molecule has 7 heteroatoms. The van der Waals surface area contributed by atoms with Crippen molar-refractivity contribution in [2.24, 2.45) is 0 Å². The van der Waals surface area contributed by atoms with E-state index in [1.54, 1.807) is 6.07 Å². The number of carbonyl (C=O) groups is 1. The number of halogens is 3. The summed E-state index contributed by atoms with van der Waals surface area (Å²) < 4.78 is 38.4. The maximum absolute atomic E-state index is 12.8. The van der Waals surface area contributed by atoms with Crippen LogP contribution in [-0.2, 0) is 11.0 Å². The highest BCUT2D eigenvalue weighted by atomic mass is 19.4. The fourth-order valence-corrected chi connectivity index (χ4v) is 3.18. The number of hydrogen-bond donors (Lipinski definition) is 1. The van der Waals surface area contributed by atoms with Gasteiger partial charge in [-0.15, -0.1) is 0 Å². The molecule has 1 amide bonds. The predicted molar refractivity (Wildman–Crippen MR) is 81.3 cm³/mol. The third-order valence-electron chi connectivity index (χ3n) is 4.49. The lowest BCUT2D eigenvalue weighted by Crippen LogP contribution is -2.53. The number of hydrogen-bond acceptors (Lipinski definition) is 3. The smallest absolute Gasteiger partial charge is 0.368 e. The highest BCUT2D eigenvalue weighted by Crippen LogP contribution is 2.31. The second kappa shape index (κ2) is 6.39. The number of alkyl halides is 3. The molecule has 23 heavy (non-hydrogen) atoms. The van der Waals surface area contributed by atoms with Crippen molar-refractivity contribution in [3.63, 3.8) is 0 Å². The molecule has 1 N–H and O–H groups in total. The maximum Gasteiger partial charge on any atom is 0.416 e. The third kappa shape index (κ3) is 3.60. The van der Waals surface area contributed by atoms with E-state index in [4.69, 9.17) is 0 Å². The van der Waals surface area contributed by atoms with Crippen molar-refractivity contribution in [1.82, 2.24) is 10.2 Å². The summed E-state index contributed by atoms with van der Waals surface area (Å²) in [6.07, 6.45) is -2.45. The summed E-state index contributed by atoms with van der Waals surface area (Å²) in [6, 6.07) is 5.28. The number of benzene rings is 1. The van der Waals surface area contributed by atoms with Crippen LogP contribution in [0.1, 0.15) is 18.4 Å². The molecule has 0 aromatic heterocycles. The summed E-state index contributed by atoms with van der Waals surface area (Å²) in [4.78, 5) is 16.0. The van der Waals surface area contributed by atoms with Gasteiger partial charge in [-0.3, -0.25) is 4.79 Å². The highest BCUT2D eigenvalue weighted by Gasteiger charge is 2.32. The molecule has 2 aliphatic rings. The van der Waals surface area contributed by atoms with Crippen molar-refractivity contribution in [2.45, 2.75) is 25.1 Å². The van der Waals surface area contributed by atoms with Crippen LogP contribution in [0.5, 0.6) is 0 Å². The fraction of sp³-hybridized carbons (Fsp3) is 0.562. The molecule has 2 saturated heterocycles. The third-order valence-corrected chi connectivity index (χ3v) is 4.49. The van der Waals surface area contributed by atoms with Gasteiger partial charge in [0.2, 0.25) is 5.91 Å². The van der Waals surface area contributed by atoms with Crippen LogP contribution in [0.2, 0.25) is 0 Å². The Bertz CT molecular complexity index is 562. The van der Waals surface area contributed by atoms with E-state index in [1.807, 2.05) is 9.80 Å². The first-order valence-electron chi connectivity index (χ1n) is 7.89. The van der Waals surface area contributed by atoms with E-state index in [2.05, 4.69) is 5.32 Å². The van der Waals surface area contributed by atoms with Gasteiger partial charge >= 0.3 is 6.18 Å². The van der Waals surface area contributed by atoms with Crippen LogP contribution in [-0.4, -0.2) is 49.6 Å². The lowest BCUT2D eigenvalue weighted by Gasteiger charge is -2.37. The first-order valence-corrected chi connectivity index (χ1v) is 7.89. The molecule has 0 radical (unpaired) electrons. The second-order valence-corrected chi connectivity index (χ2v) is 6.01. The summed E-state index contributed by atoms with van der Waals surface area (Å²) in [5, 5.41) is 3.19. The summed E-state index contributed by atoms with van der Waals surface area (Å²) in [7, 11) is 0. The van der Waals surface area contributed by atoms with E-state index in [9.17, 15) is 18.0 Å². The highest BCUT2D eigenvalue weighted by molar-refractivity contribution is 5.82. The standard InChI is InChI=1S/C16H20F3N3O/c17-16(18,19)12-3-1-4-13(11-12)21-7-9-22(10-8-21)15(23)14-5-2-6-20-14/h1,3-4,11,14,20H,2,5-10H2/t14-/m1/s1. The van der Waals surface area contributed by atoms with Gasteiger partial charge in [0, 0.05) is 31.9 Å². The molecular formula is C16H20F3N3O. The van der Waals surface area contributed by atoms with Gasteiger partial charge in [0.25, 0.3) is 0 Å². The van der Waals surface area contributed by atoms with E-state index in [-0.39, 0.29) is 11.9 Å². The first-order chi connectivity index (χ1) is 10.9. The molecule has 1 aromatic rings. The van der Waals surface area contributed by atoms with E-state index >= 15 is 0 Å². The number of nitrogens with zero attached hydrogens (tertiary/aromatic N) is 2. The largest absolute Gasteiger partial charge is 0.416 e. The van der Waals surface area contributed by atoms with Crippen molar-refractivity contribution < 1.29 is 18.0 Å². The molecule has 2 heterocycles. The molecular weight excluding hydrogens is 307 g/mol. The van der Waals surface area contributed by atoms with Gasteiger partial charge in [-0.05, 0) is 37.6 Å². The number of piperazine rings is 1. The zero-order valence-corrected chi connectivity index (χ0v) is 12.8. The Morgan fingerprint density at radius 1 is 1.17 bits per heavy atom. The number of rotatable bonds is 2. The minimum absolute atomic E-state index is 0.0879. The Kier molecular flexibility index (Phi) is 4.48. The minimum Gasteiger partial charge on any atom is -0.368 e. The van der Waals surface area contributed by atoms with E-state index in [0.29, 0.717) is 31.9 Å². The minimum atomic E-state index is -4.33. The summed E-state index contributed by atoms with van der Waals surface area (Å²) in [5.74, 6) is 0.117. The number of carbonyl (C=O) groups excluding carboxylic acids is 1. The molecule has 0 unspecified atom stereocenters. The van der Waals surface area contributed by atoms with Crippen LogP contribution < -0.4 is 10.2 Å². The predicted octanol–water partition coefficient (Wildman–Crippen LogP) is 2.11. The number of anilines is 1. The number of nitrogens with one attached hydrogen (secondary N) is 1. The molecule has 1 atom stereocenters. The van der Waals surface area contributed by atoms with Crippen molar-refractivity contribution >= 4 is 11.6 Å². The average Bonchev–Trinajstić information content (AvgIpc) is 3.08. The van der Waals surface area contributed by atoms with Gasteiger partial charge in [0.1, 0.15) is 0 Å².